The van der Waals surface area contributed by atoms with Crippen molar-refractivity contribution >= 4 is 8.32 Å². The molecule has 0 aliphatic heterocycles. The SMILES string of the molecule is COCCO[Si](C1CCCCC1)(C1CCCCC1)C1CCCCC1. The minimum Gasteiger partial charge on any atom is -0.414 e. The maximum Gasteiger partial charge on any atom is 0.202 e. The Labute approximate surface area is 151 Å². The quantitative estimate of drug-likeness (QED) is 0.380. The first-order valence-electron chi connectivity index (χ1n) is 11.0. The third kappa shape index (κ3) is 4.27. The molecule has 0 saturated heterocycles. The molecule has 0 N–H and O–H groups in total. The van der Waals surface area contributed by atoms with Crippen molar-refractivity contribution in [3.05, 3.63) is 0 Å². The van der Waals surface area contributed by atoms with E-state index in [4.69, 9.17) is 9.16 Å². The van der Waals surface area contributed by atoms with E-state index in [0.717, 1.165) is 29.8 Å². The molecule has 0 atom stereocenters. The molecule has 0 heterocycles. The Balaban J connectivity index is 1.86. The van der Waals surface area contributed by atoms with Crippen molar-refractivity contribution < 1.29 is 9.16 Å². The number of hydrogen-bond acceptors (Lipinski definition) is 2. The summed E-state index contributed by atoms with van der Waals surface area (Å²) in [5, 5.41) is 0. The molecule has 3 aliphatic carbocycles. The Morgan fingerprint density at radius 1 is 0.583 bits per heavy atom. The van der Waals surface area contributed by atoms with Gasteiger partial charge in [0.25, 0.3) is 0 Å². The Morgan fingerprint density at radius 3 is 1.29 bits per heavy atom. The predicted octanol–water partition coefficient (Wildman–Crippen LogP) is 6.60. The second-order valence-corrected chi connectivity index (χ2v) is 13.1. The van der Waals surface area contributed by atoms with Gasteiger partial charge in [-0.2, -0.15) is 0 Å². The van der Waals surface area contributed by atoms with Gasteiger partial charge in [0.15, 0.2) is 0 Å². The Kier molecular flexibility index (Phi) is 7.67. The van der Waals surface area contributed by atoms with Crippen LogP contribution in [0.2, 0.25) is 16.6 Å². The van der Waals surface area contributed by atoms with E-state index >= 15 is 0 Å². The van der Waals surface area contributed by atoms with Crippen molar-refractivity contribution in [1.29, 1.82) is 0 Å². The van der Waals surface area contributed by atoms with Crippen molar-refractivity contribution in [2.75, 3.05) is 20.3 Å². The normalized spacial score (nSPS) is 25.9. The van der Waals surface area contributed by atoms with Crippen molar-refractivity contribution in [2.45, 2.75) is 113 Å². The molecule has 0 radical (unpaired) electrons. The van der Waals surface area contributed by atoms with E-state index < -0.39 is 8.32 Å². The topological polar surface area (TPSA) is 18.5 Å². The maximum absolute atomic E-state index is 7.10. The standard InChI is InChI=1S/C21H40O2Si/c1-22-17-18-23-24(19-11-5-2-6-12-19,20-13-7-3-8-14-20)21-15-9-4-10-16-21/h19-21H,2-18H2,1H3. The smallest absolute Gasteiger partial charge is 0.202 e. The first-order chi connectivity index (χ1) is 11.9. The van der Waals surface area contributed by atoms with Crippen LogP contribution in [0.3, 0.4) is 0 Å². The summed E-state index contributed by atoms with van der Waals surface area (Å²) in [5.74, 6) is 0. The molecular weight excluding hydrogens is 312 g/mol. The van der Waals surface area contributed by atoms with Gasteiger partial charge in [-0.15, -0.1) is 0 Å². The van der Waals surface area contributed by atoms with Crippen LogP contribution in [0.15, 0.2) is 0 Å². The molecular formula is C21H40O2Si. The second-order valence-electron chi connectivity index (χ2n) is 8.70. The molecule has 0 aromatic rings. The molecule has 0 aromatic carbocycles. The molecule has 140 valence electrons. The Hall–Kier alpha value is 0.137. The number of rotatable bonds is 7. The lowest BCUT2D eigenvalue weighted by molar-refractivity contribution is 0.130. The number of hydrogen-bond donors (Lipinski definition) is 0. The van der Waals surface area contributed by atoms with Crippen LogP contribution in [0.1, 0.15) is 96.3 Å². The maximum atomic E-state index is 7.10. The highest BCUT2D eigenvalue weighted by Crippen LogP contribution is 2.57. The van der Waals surface area contributed by atoms with Crippen LogP contribution < -0.4 is 0 Å². The van der Waals surface area contributed by atoms with Crippen LogP contribution >= 0.6 is 0 Å². The van der Waals surface area contributed by atoms with Gasteiger partial charge < -0.3 is 9.16 Å². The minimum atomic E-state index is -1.71. The lowest BCUT2D eigenvalue weighted by atomic mass is 9.98. The first kappa shape index (κ1) is 18.9. The zero-order valence-electron chi connectivity index (χ0n) is 16.1. The third-order valence-electron chi connectivity index (χ3n) is 7.37. The first-order valence-corrected chi connectivity index (χ1v) is 13.1. The monoisotopic (exact) mass is 352 g/mol. The van der Waals surface area contributed by atoms with Gasteiger partial charge in [0.2, 0.25) is 8.32 Å². The minimum absolute atomic E-state index is 0.793. The molecule has 3 aliphatic rings. The second kappa shape index (κ2) is 9.73. The van der Waals surface area contributed by atoms with E-state index in [0.29, 0.717) is 0 Å². The highest BCUT2D eigenvalue weighted by Gasteiger charge is 2.54. The molecule has 3 saturated carbocycles. The fraction of sp³-hybridized carbons (Fsp3) is 1.00. The molecule has 24 heavy (non-hydrogen) atoms. The number of methoxy groups -OCH3 is 1. The van der Waals surface area contributed by atoms with Gasteiger partial charge in [0.1, 0.15) is 0 Å². The summed E-state index contributed by atoms with van der Waals surface area (Å²) in [6.07, 6.45) is 22.1. The number of ether oxygens (including phenoxy) is 1. The van der Waals surface area contributed by atoms with E-state index in [1.54, 1.807) is 0 Å². The summed E-state index contributed by atoms with van der Waals surface area (Å²) < 4.78 is 12.5. The molecule has 3 heteroatoms. The van der Waals surface area contributed by atoms with Crippen LogP contribution in [0, 0.1) is 0 Å². The Morgan fingerprint density at radius 2 is 0.958 bits per heavy atom. The van der Waals surface area contributed by atoms with E-state index in [1.165, 1.54) is 96.3 Å². The molecule has 0 unspecified atom stereocenters. The van der Waals surface area contributed by atoms with Crippen molar-refractivity contribution in [2.24, 2.45) is 0 Å². The van der Waals surface area contributed by atoms with Gasteiger partial charge in [-0.25, -0.2) is 0 Å². The molecule has 0 spiro atoms. The molecule has 3 fully saturated rings. The van der Waals surface area contributed by atoms with Crippen LogP contribution in [0.25, 0.3) is 0 Å². The molecule has 3 rings (SSSR count). The Bertz CT molecular complexity index is 296. The zero-order valence-corrected chi connectivity index (χ0v) is 17.1. The van der Waals surface area contributed by atoms with Crippen LogP contribution in [0.4, 0.5) is 0 Å². The van der Waals surface area contributed by atoms with Crippen LogP contribution in [0.5, 0.6) is 0 Å². The van der Waals surface area contributed by atoms with Crippen molar-refractivity contribution in [1.82, 2.24) is 0 Å². The molecule has 0 aromatic heterocycles. The van der Waals surface area contributed by atoms with Gasteiger partial charge in [0.05, 0.1) is 13.2 Å². The molecule has 0 amide bonds. The summed E-state index contributed by atoms with van der Waals surface area (Å²) in [4.78, 5) is 0. The summed E-state index contributed by atoms with van der Waals surface area (Å²) in [6.45, 7) is 1.66. The summed E-state index contributed by atoms with van der Waals surface area (Å²) in [6, 6.07) is 0. The van der Waals surface area contributed by atoms with Crippen molar-refractivity contribution in [3.63, 3.8) is 0 Å². The molecule has 2 nitrogen and oxygen atoms in total. The highest BCUT2D eigenvalue weighted by molar-refractivity contribution is 6.78. The summed E-state index contributed by atoms with van der Waals surface area (Å²) in [5.41, 5.74) is 2.86. The fourth-order valence-corrected chi connectivity index (χ4v) is 13.4. The van der Waals surface area contributed by atoms with E-state index in [2.05, 4.69) is 0 Å². The molecule has 0 bridgehead atoms. The van der Waals surface area contributed by atoms with Gasteiger partial charge in [-0.1, -0.05) is 96.3 Å². The van der Waals surface area contributed by atoms with Gasteiger partial charge in [-0.3, -0.25) is 0 Å². The lowest BCUT2D eigenvalue weighted by Crippen LogP contribution is -2.54. The van der Waals surface area contributed by atoms with Gasteiger partial charge in [0, 0.05) is 7.11 Å². The van der Waals surface area contributed by atoms with E-state index in [-0.39, 0.29) is 0 Å². The third-order valence-corrected chi connectivity index (χ3v) is 13.6. The van der Waals surface area contributed by atoms with Crippen LogP contribution in [-0.4, -0.2) is 28.6 Å². The average Bonchev–Trinajstić information content (AvgIpc) is 2.68. The average molecular weight is 353 g/mol. The predicted molar refractivity (Wildman–Crippen MR) is 104 cm³/mol. The van der Waals surface area contributed by atoms with E-state index in [1.807, 2.05) is 7.11 Å². The highest BCUT2D eigenvalue weighted by atomic mass is 28.4. The van der Waals surface area contributed by atoms with Gasteiger partial charge >= 0.3 is 0 Å². The van der Waals surface area contributed by atoms with E-state index in [9.17, 15) is 0 Å². The fourth-order valence-electron chi connectivity index (χ4n) is 6.32. The lowest BCUT2D eigenvalue weighted by Gasteiger charge is -2.52. The zero-order chi connectivity index (χ0) is 16.7. The van der Waals surface area contributed by atoms with Crippen molar-refractivity contribution in [3.8, 4) is 0 Å². The summed E-state index contributed by atoms with van der Waals surface area (Å²) in [7, 11) is 0.118. The van der Waals surface area contributed by atoms with Gasteiger partial charge in [-0.05, 0) is 16.6 Å². The largest absolute Gasteiger partial charge is 0.414 e. The van der Waals surface area contributed by atoms with Crippen LogP contribution in [-0.2, 0) is 9.16 Å². The summed E-state index contributed by atoms with van der Waals surface area (Å²) >= 11 is 0.